The molecule has 0 amide bonds. The summed E-state index contributed by atoms with van der Waals surface area (Å²) in [6.45, 7) is -0.178. The predicted octanol–water partition coefficient (Wildman–Crippen LogP) is 3.37. The zero-order chi connectivity index (χ0) is 22.8. The van der Waals surface area contributed by atoms with Crippen LogP contribution in [0.4, 0.5) is 0 Å². The first kappa shape index (κ1) is 21.4. The fraction of sp³-hybridized carbons (Fsp3) is 0.125. The molecule has 0 aliphatic carbocycles. The first-order valence-corrected chi connectivity index (χ1v) is 10.1. The third kappa shape index (κ3) is 3.78. The van der Waals surface area contributed by atoms with Gasteiger partial charge in [-0.2, -0.15) is 0 Å². The van der Waals surface area contributed by atoms with E-state index in [0.717, 1.165) is 0 Å². The highest BCUT2D eigenvalue weighted by Gasteiger charge is 2.37. The van der Waals surface area contributed by atoms with Gasteiger partial charge in [0.25, 0.3) is 0 Å². The van der Waals surface area contributed by atoms with Crippen LogP contribution >= 0.6 is 11.6 Å². The lowest BCUT2D eigenvalue weighted by Gasteiger charge is -2.10. The zero-order valence-corrected chi connectivity index (χ0v) is 18.2. The van der Waals surface area contributed by atoms with Gasteiger partial charge in [-0.05, 0) is 10.6 Å². The molecule has 0 radical (unpaired) electrons. The Bertz CT molecular complexity index is 1330. The van der Waals surface area contributed by atoms with E-state index in [4.69, 9.17) is 21.1 Å². The van der Waals surface area contributed by atoms with Gasteiger partial charge in [-0.25, -0.2) is 0 Å². The van der Waals surface area contributed by atoms with E-state index in [9.17, 15) is 15.0 Å². The second-order valence-corrected chi connectivity index (χ2v) is 7.48. The molecule has 8 heteroatoms. The maximum Gasteiger partial charge on any atom is 0.638 e. The number of fused-ring (bicyclic) bond motifs is 1. The molecule has 1 aromatic heterocycles. The molecule has 4 rings (SSSR count). The van der Waals surface area contributed by atoms with Gasteiger partial charge in [0, 0.05) is 28.8 Å². The lowest BCUT2D eigenvalue weighted by atomic mass is 10.1. The highest BCUT2D eigenvalue weighted by atomic mass is 35.5. The third-order valence-corrected chi connectivity index (χ3v) is 5.39. The minimum Gasteiger partial charge on any atom is -0.493 e. The Morgan fingerprint density at radius 3 is 2.28 bits per heavy atom. The number of carbonyl (C=O) groups is 1. The topological polar surface area (TPSA) is 83.8 Å². The summed E-state index contributed by atoms with van der Waals surface area (Å²) in [5.41, 5.74) is 1.31. The molecule has 0 aliphatic rings. The minimum atomic E-state index is -0.353. The van der Waals surface area contributed by atoms with Crippen molar-refractivity contribution in [3.05, 3.63) is 77.3 Å². The third-order valence-electron chi connectivity index (χ3n) is 5.15. The molecule has 162 valence electrons. The van der Waals surface area contributed by atoms with Crippen molar-refractivity contribution in [2.75, 3.05) is 14.2 Å². The van der Waals surface area contributed by atoms with Crippen LogP contribution in [0.5, 0.6) is 23.4 Å². The first-order chi connectivity index (χ1) is 15.4. The Hall–Kier alpha value is -3.84. The molecule has 0 fully saturated rings. The van der Waals surface area contributed by atoms with Gasteiger partial charge < -0.3 is 19.7 Å². The number of carbonyl (C=O) groups excluding carboxylic acids is 1. The van der Waals surface area contributed by atoms with Crippen molar-refractivity contribution in [3.8, 4) is 29.1 Å². The monoisotopic (exact) mass is 452 g/mol. The van der Waals surface area contributed by atoms with Crippen molar-refractivity contribution in [1.29, 1.82) is 0 Å². The van der Waals surface area contributed by atoms with Gasteiger partial charge in [0.05, 0.1) is 20.3 Å². The summed E-state index contributed by atoms with van der Waals surface area (Å²) >= 11 is 6.14. The number of aromatic nitrogens is 2. The SMILES string of the molecule is COc1cc2c(O)[n+](-c3cccc(Cl)c3)c(O)[n+](CC(=O)c3ccccc3)c2cc1OC. The second kappa shape index (κ2) is 8.72. The summed E-state index contributed by atoms with van der Waals surface area (Å²) in [6.07, 6.45) is 0. The number of Topliss-reactive ketones (excluding diaryl/α,β-unsaturated/α-hetero) is 1. The Morgan fingerprint density at radius 1 is 0.938 bits per heavy atom. The summed E-state index contributed by atoms with van der Waals surface area (Å²) in [7, 11) is 2.97. The molecule has 4 aromatic rings. The Morgan fingerprint density at radius 2 is 1.62 bits per heavy atom. The first-order valence-electron chi connectivity index (χ1n) is 9.74. The number of rotatable bonds is 6. The predicted molar refractivity (Wildman–Crippen MR) is 118 cm³/mol. The lowest BCUT2D eigenvalue weighted by Crippen LogP contribution is -2.49. The Labute approximate surface area is 189 Å². The maximum atomic E-state index is 13.0. The van der Waals surface area contributed by atoms with Crippen LogP contribution in [0.15, 0.2) is 66.7 Å². The average Bonchev–Trinajstić information content (AvgIpc) is 2.81. The fourth-order valence-corrected chi connectivity index (χ4v) is 3.77. The van der Waals surface area contributed by atoms with E-state index in [1.165, 1.54) is 23.4 Å². The van der Waals surface area contributed by atoms with E-state index in [1.54, 1.807) is 60.7 Å². The largest absolute Gasteiger partial charge is 0.638 e. The molecule has 7 nitrogen and oxygen atoms in total. The molecule has 0 unspecified atom stereocenters. The van der Waals surface area contributed by atoms with Crippen LogP contribution in [-0.2, 0) is 6.54 Å². The van der Waals surface area contributed by atoms with Gasteiger partial charge in [0.15, 0.2) is 16.9 Å². The quantitative estimate of drug-likeness (QED) is 0.346. The van der Waals surface area contributed by atoms with Crippen LogP contribution < -0.4 is 18.6 Å². The van der Waals surface area contributed by atoms with Gasteiger partial charge in [-0.15, -0.1) is 0 Å². The van der Waals surface area contributed by atoms with Gasteiger partial charge in [0.1, 0.15) is 0 Å². The van der Waals surface area contributed by atoms with Crippen molar-refractivity contribution in [1.82, 2.24) is 0 Å². The number of nitrogens with zero attached hydrogens (tertiary/aromatic N) is 2. The Balaban J connectivity index is 2.02. The number of ketones is 1. The van der Waals surface area contributed by atoms with E-state index < -0.39 is 0 Å². The molecule has 0 atom stereocenters. The summed E-state index contributed by atoms with van der Waals surface area (Å²) in [4.78, 5) is 13.0. The summed E-state index contributed by atoms with van der Waals surface area (Å²) in [5.74, 6) is 0.314. The molecule has 1 heterocycles. The molecule has 3 aromatic carbocycles. The van der Waals surface area contributed by atoms with Gasteiger partial charge in [0.2, 0.25) is 23.5 Å². The minimum absolute atomic E-state index is 0.178. The number of methoxy groups -OCH3 is 2. The summed E-state index contributed by atoms with van der Waals surface area (Å²) in [6, 6.07) is 18.3. The van der Waals surface area contributed by atoms with Crippen LogP contribution in [0.2, 0.25) is 5.02 Å². The normalized spacial score (nSPS) is 10.8. The molecular formula is C24H21ClN2O5+2. The van der Waals surface area contributed by atoms with Crippen LogP contribution in [0.1, 0.15) is 10.4 Å². The summed E-state index contributed by atoms with van der Waals surface area (Å²) in [5, 5.41) is 23.1. The molecule has 2 N–H and O–H groups in total. The molecule has 0 bridgehead atoms. The van der Waals surface area contributed by atoms with E-state index in [-0.39, 0.29) is 24.2 Å². The van der Waals surface area contributed by atoms with Crippen molar-refractivity contribution >= 4 is 28.3 Å². The van der Waals surface area contributed by atoms with Gasteiger partial charge >= 0.3 is 11.9 Å². The van der Waals surface area contributed by atoms with Crippen LogP contribution in [0.25, 0.3) is 16.6 Å². The van der Waals surface area contributed by atoms with Crippen molar-refractivity contribution in [3.63, 3.8) is 0 Å². The summed E-state index contributed by atoms with van der Waals surface area (Å²) < 4.78 is 13.4. The fourth-order valence-electron chi connectivity index (χ4n) is 3.58. The number of hydrogen-bond donors (Lipinski definition) is 2. The highest BCUT2D eigenvalue weighted by Crippen LogP contribution is 2.34. The van der Waals surface area contributed by atoms with Gasteiger partial charge in [-0.3, -0.25) is 4.79 Å². The van der Waals surface area contributed by atoms with E-state index in [2.05, 4.69) is 0 Å². The van der Waals surface area contributed by atoms with Crippen molar-refractivity contribution < 1.29 is 33.6 Å². The van der Waals surface area contributed by atoms with E-state index in [1.807, 2.05) is 6.07 Å². The molecule has 32 heavy (non-hydrogen) atoms. The molecular weight excluding hydrogens is 432 g/mol. The zero-order valence-electron chi connectivity index (χ0n) is 17.4. The number of ether oxygens (including phenoxy) is 2. The standard InChI is InChI=1S/C24H19ClN2O5/c1-31-21-12-18-19(13-22(21)32-2)26(14-20(28)15-7-4-3-5-8-15)24(30)27(23(18)29)17-10-6-9-16(25)11-17/h3-13H,14H2,1-2H3/p+2. The van der Waals surface area contributed by atoms with Gasteiger partial charge in [-0.1, -0.05) is 52.6 Å². The number of halogens is 1. The van der Waals surface area contributed by atoms with Crippen LogP contribution in [0.3, 0.4) is 0 Å². The highest BCUT2D eigenvalue weighted by molar-refractivity contribution is 6.30. The van der Waals surface area contributed by atoms with Crippen LogP contribution in [0, 0.1) is 0 Å². The van der Waals surface area contributed by atoms with Crippen LogP contribution in [-0.4, -0.2) is 30.2 Å². The Kier molecular flexibility index (Phi) is 5.83. The van der Waals surface area contributed by atoms with E-state index in [0.29, 0.717) is 38.7 Å². The molecule has 0 aliphatic heterocycles. The number of hydrogen-bond acceptors (Lipinski definition) is 5. The lowest BCUT2D eigenvalue weighted by molar-refractivity contribution is -0.774. The molecule has 0 saturated heterocycles. The molecule has 0 spiro atoms. The maximum absolute atomic E-state index is 13.0. The van der Waals surface area contributed by atoms with E-state index >= 15 is 0 Å². The molecule has 0 saturated carbocycles. The smallest absolute Gasteiger partial charge is 0.493 e. The van der Waals surface area contributed by atoms with Crippen molar-refractivity contribution in [2.45, 2.75) is 6.54 Å². The average molecular weight is 453 g/mol. The second-order valence-electron chi connectivity index (χ2n) is 7.04. The number of benzene rings is 3. The number of aromatic hydroxyl groups is 2. The van der Waals surface area contributed by atoms with Crippen molar-refractivity contribution in [2.24, 2.45) is 0 Å².